The molecule has 0 heterocycles. The first-order valence-electron chi connectivity index (χ1n) is 10.9. The first kappa shape index (κ1) is 28.4. The lowest BCUT2D eigenvalue weighted by molar-refractivity contribution is -0.253. The molecule has 1 unspecified atom stereocenters. The second-order valence-electron chi connectivity index (χ2n) is 9.20. The number of hydrogen-bond donors (Lipinski definition) is 1. The molecule has 0 saturated carbocycles. The Morgan fingerprint density at radius 2 is 1.61 bits per heavy atom. The van der Waals surface area contributed by atoms with E-state index in [-0.39, 0.29) is 12.0 Å². The fourth-order valence-electron chi connectivity index (χ4n) is 3.56. The molecule has 0 spiro atoms. The molecule has 3 aromatic carbocycles. The molecule has 0 aliphatic carbocycles. The Labute approximate surface area is 218 Å². The van der Waals surface area contributed by atoms with E-state index >= 15 is 0 Å². The van der Waals surface area contributed by atoms with E-state index in [1.54, 1.807) is 57.2 Å². The van der Waals surface area contributed by atoms with Crippen molar-refractivity contribution in [3.63, 3.8) is 0 Å². The maximum absolute atomic E-state index is 14.8. The van der Waals surface area contributed by atoms with Crippen molar-refractivity contribution in [1.82, 2.24) is 4.72 Å². The molecule has 3 aromatic rings. The molecule has 0 amide bonds. The zero-order valence-electron chi connectivity index (χ0n) is 19.7. The van der Waals surface area contributed by atoms with Crippen molar-refractivity contribution in [2.45, 2.75) is 50.0 Å². The summed E-state index contributed by atoms with van der Waals surface area (Å²) in [6.07, 6.45) is -8.82. The van der Waals surface area contributed by atoms with Gasteiger partial charge < -0.3 is 9.29 Å². The fraction of sp³-hybridized carbons (Fsp3) is 0.308. The van der Waals surface area contributed by atoms with Crippen molar-refractivity contribution in [2.24, 2.45) is 0 Å². The molecule has 1 N–H and O–H groups in total. The normalized spacial score (nSPS) is 15.0. The Morgan fingerprint density at radius 1 is 0.944 bits per heavy atom. The van der Waals surface area contributed by atoms with E-state index in [1.807, 2.05) is 18.2 Å². The van der Waals surface area contributed by atoms with Crippen LogP contribution in [0.2, 0.25) is 0 Å². The van der Waals surface area contributed by atoms with E-state index in [4.69, 9.17) is 0 Å². The highest BCUT2D eigenvalue weighted by atomic mass is 79.9. The molecular weight excluding hydrogens is 565 g/mol. The molecule has 0 aromatic heterocycles. The molecule has 3 nitrogen and oxygen atoms in total. The predicted octanol–water partition coefficient (Wildman–Crippen LogP) is 7.36. The molecule has 0 fully saturated rings. The van der Waals surface area contributed by atoms with Gasteiger partial charge in [-0.1, -0.05) is 58.4 Å². The van der Waals surface area contributed by atoms with Crippen molar-refractivity contribution < 1.29 is 31.2 Å². The molecule has 2 atom stereocenters. The summed E-state index contributed by atoms with van der Waals surface area (Å²) < 4.78 is 88.5. The topological polar surface area (TPSA) is 44.3 Å². The maximum atomic E-state index is 14.8. The SMILES string of the molecule is CC(C)(C)[S+]([O-])N[C@](Cc1ccccc1)(c1cccc(Br)c1)c1cc(F)cc(OC(F)(F)C(F)F)c1. The largest absolute Gasteiger partial charge is 0.598 e. The van der Waals surface area contributed by atoms with Crippen LogP contribution in [0.1, 0.15) is 37.5 Å². The highest BCUT2D eigenvalue weighted by molar-refractivity contribution is 9.10. The lowest BCUT2D eigenvalue weighted by Gasteiger charge is -2.39. The number of ether oxygens (including phenoxy) is 1. The zero-order chi connectivity index (χ0) is 26.7. The van der Waals surface area contributed by atoms with Crippen molar-refractivity contribution in [1.29, 1.82) is 0 Å². The van der Waals surface area contributed by atoms with Crippen LogP contribution in [-0.2, 0) is 23.3 Å². The quantitative estimate of drug-likeness (QED) is 0.209. The van der Waals surface area contributed by atoms with Gasteiger partial charge in [-0.25, -0.2) is 4.39 Å². The standard InChI is InChI=1S/C26H25BrF5NO2S/c1-24(2,3)36(34)33-25(16-17-8-5-4-6-9-17,18-10-7-11-20(27)12-18)19-13-21(28)15-22(14-19)35-26(31,32)23(29)30/h4-15,23,33H,16H2,1-3H3/t25-,36?/m1/s1. The summed E-state index contributed by atoms with van der Waals surface area (Å²) in [6.45, 7) is 5.23. The van der Waals surface area contributed by atoms with Crippen LogP contribution in [0.4, 0.5) is 22.0 Å². The summed E-state index contributed by atoms with van der Waals surface area (Å²) in [7, 11) is 0. The van der Waals surface area contributed by atoms with E-state index in [9.17, 15) is 26.5 Å². The lowest BCUT2D eigenvalue weighted by atomic mass is 9.78. The highest BCUT2D eigenvalue weighted by Gasteiger charge is 2.46. The van der Waals surface area contributed by atoms with Gasteiger partial charge >= 0.3 is 12.5 Å². The van der Waals surface area contributed by atoms with E-state index in [0.29, 0.717) is 16.1 Å². The Bertz CT molecular complexity index is 1180. The van der Waals surface area contributed by atoms with Gasteiger partial charge in [0.15, 0.2) is 0 Å². The van der Waals surface area contributed by atoms with Crippen LogP contribution in [0.15, 0.2) is 77.3 Å². The van der Waals surface area contributed by atoms with Gasteiger partial charge in [-0.2, -0.15) is 17.6 Å². The van der Waals surface area contributed by atoms with Gasteiger partial charge in [-0.3, -0.25) is 0 Å². The third-order valence-electron chi connectivity index (χ3n) is 5.32. The molecular formula is C26H25BrF5NO2S. The summed E-state index contributed by atoms with van der Waals surface area (Å²) >= 11 is 1.69. The third kappa shape index (κ3) is 6.79. The first-order valence-corrected chi connectivity index (χ1v) is 12.8. The summed E-state index contributed by atoms with van der Waals surface area (Å²) in [5, 5.41) is 0. The minimum atomic E-state index is -4.83. The second-order valence-corrected chi connectivity index (χ2v) is 12.1. The van der Waals surface area contributed by atoms with E-state index in [0.717, 1.165) is 17.7 Å². The van der Waals surface area contributed by atoms with Crippen LogP contribution in [0.5, 0.6) is 5.75 Å². The van der Waals surface area contributed by atoms with Gasteiger partial charge in [0, 0.05) is 28.3 Å². The first-order chi connectivity index (χ1) is 16.7. The summed E-state index contributed by atoms with van der Waals surface area (Å²) in [5.74, 6) is -1.77. The van der Waals surface area contributed by atoms with Gasteiger partial charge in [0.25, 0.3) is 0 Å². The van der Waals surface area contributed by atoms with Crippen molar-refractivity contribution in [2.75, 3.05) is 0 Å². The molecule has 0 aliphatic heterocycles. The van der Waals surface area contributed by atoms with Crippen LogP contribution < -0.4 is 9.46 Å². The average Bonchev–Trinajstić information content (AvgIpc) is 2.77. The van der Waals surface area contributed by atoms with Crippen LogP contribution in [-0.4, -0.2) is 21.8 Å². The number of halogens is 6. The minimum Gasteiger partial charge on any atom is -0.598 e. The van der Waals surface area contributed by atoms with Gasteiger partial charge in [-0.05, 0) is 61.7 Å². The van der Waals surface area contributed by atoms with Crippen LogP contribution >= 0.6 is 15.9 Å². The van der Waals surface area contributed by atoms with Crippen LogP contribution in [0.25, 0.3) is 0 Å². The molecule has 36 heavy (non-hydrogen) atoms. The predicted molar refractivity (Wildman–Crippen MR) is 134 cm³/mol. The van der Waals surface area contributed by atoms with Crippen molar-refractivity contribution in [3.8, 4) is 5.75 Å². The van der Waals surface area contributed by atoms with Gasteiger partial charge in [0.2, 0.25) is 0 Å². The Hall–Kier alpha value is -2.14. The molecule has 0 saturated heterocycles. The third-order valence-corrected chi connectivity index (χ3v) is 7.46. The van der Waals surface area contributed by atoms with Crippen LogP contribution in [0, 0.1) is 5.82 Å². The van der Waals surface area contributed by atoms with Gasteiger partial charge in [-0.15, -0.1) is 4.72 Å². The molecule has 194 valence electrons. The minimum absolute atomic E-state index is 0.0714. The Morgan fingerprint density at radius 3 is 2.19 bits per heavy atom. The number of hydrogen-bond acceptors (Lipinski definition) is 3. The number of alkyl halides is 4. The van der Waals surface area contributed by atoms with E-state index < -0.39 is 45.7 Å². The van der Waals surface area contributed by atoms with Crippen molar-refractivity contribution >= 4 is 27.3 Å². The van der Waals surface area contributed by atoms with Gasteiger partial charge in [0.05, 0.1) is 0 Å². The highest BCUT2D eigenvalue weighted by Crippen LogP contribution is 2.40. The van der Waals surface area contributed by atoms with Gasteiger partial charge in [0.1, 0.15) is 21.9 Å². The maximum Gasteiger partial charge on any atom is 0.461 e. The summed E-state index contributed by atoms with van der Waals surface area (Å²) in [5.41, 5.74) is -0.0537. The molecule has 10 heteroatoms. The van der Waals surface area contributed by atoms with Crippen molar-refractivity contribution in [3.05, 3.63) is 99.8 Å². The van der Waals surface area contributed by atoms with E-state index in [2.05, 4.69) is 25.4 Å². The second kappa shape index (κ2) is 11.1. The summed E-state index contributed by atoms with van der Waals surface area (Å²) in [6, 6.07) is 18.7. The molecule has 0 radical (unpaired) electrons. The lowest BCUT2D eigenvalue weighted by Crippen LogP contribution is -2.53. The molecule has 0 bridgehead atoms. The zero-order valence-corrected chi connectivity index (χ0v) is 22.1. The van der Waals surface area contributed by atoms with E-state index in [1.165, 1.54) is 0 Å². The smallest absolute Gasteiger partial charge is 0.461 e. The Balaban J connectivity index is 2.29. The van der Waals surface area contributed by atoms with Crippen LogP contribution in [0.3, 0.4) is 0 Å². The number of benzene rings is 3. The fourth-order valence-corrected chi connectivity index (χ4v) is 4.89. The number of rotatable bonds is 9. The molecule has 3 rings (SSSR count). The average molecular weight is 590 g/mol. The Kier molecular flexibility index (Phi) is 8.75. The monoisotopic (exact) mass is 589 g/mol. The summed E-state index contributed by atoms with van der Waals surface area (Å²) in [4.78, 5) is 0. The molecule has 0 aliphatic rings. The number of nitrogens with one attached hydrogen (secondary N) is 1.